The second kappa shape index (κ2) is 3.44. The Hall–Kier alpha value is -1.32. The summed E-state index contributed by atoms with van der Waals surface area (Å²) < 4.78 is 4.80. The monoisotopic (exact) mass is 198 g/mol. The van der Waals surface area contributed by atoms with E-state index in [4.69, 9.17) is 4.74 Å². The highest BCUT2D eigenvalue weighted by atomic mass is 16.5. The summed E-state index contributed by atoms with van der Waals surface area (Å²) in [5.41, 5.74) is -0.671. The van der Waals surface area contributed by atoms with Gasteiger partial charge < -0.3 is 9.84 Å². The quantitative estimate of drug-likeness (QED) is 0.537. The van der Waals surface area contributed by atoms with E-state index >= 15 is 0 Å². The Morgan fingerprint density at radius 1 is 1.64 bits per heavy atom. The maximum Gasteiger partial charge on any atom is 0.320 e. The Morgan fingerprint density at radius 3 is 2.57 bits per heavy atom. The minimum absolute atomic E-state index is 0.238. The van der Waals surface area contributed by atoms with Gasteiger partial charge in [-0.3, -0.25) is 9.59 Å². The van der Waals surface area contributed by atoms with Crippen LogP contribution >= 0.6 is 0 Å². The summed E-state index contributed by atoms with van der Waals surface area (Å²) in [5, 5.41) is 9.34. The van der Waals surface area contributed by atoms with Crippen LogP contribution in [0.4, 0.5) is 0 Å². The first-order valence-electron chi connectivity index (χ1n) is 4.54. The van der Waals surface area contributed by atoms with Crippen LogP contribution in [-0.4, -0.2) is 23.5 Å². The van der Waals surface area contributed by atoms with Crippen LogP contribution < -0.4 is 0 Å². The number of Topliss-reactive ketones (excluding diaryl/α,β-unsaturated/α-hetero) is 1. The highest BCUT2D eigenvalue weighted by molar-refractivity contribution is 6.13. The zero-order chi connectivity index (χ0) is 10.9. The van der Waals surface area contributed by atoms with E-state index in [-0.39, 0.29) is 18.8 Å². The van der Waals surface area contributed by atoms with Gasteiger partial charge in [0, 0.05) is 0 Å². The molecule has 0 aromatic carbocycles. The number of esters is 1. The summed E-state index contributed by atoms with van der Waals surface area (Å²) in [6.45, 7) is 5.06. The van der Waals surface area contributed by atoms with Crippen LogP contribution in [0.2, 0.25) is 0 Å². The zero-order valence-corrected chi connectivity index (χ0v) is 8.59. The van der Waals surface area contributed by atoms with Crippen LogP contribution in [0.15, 0.2) is 11.3 Å². The first-order chi connectivity index (χ1) is 6.43. The molecule has 0 saturated heterocycles. The molecule has 1 aliphatic carbocycles. The lowest BCUT2D eigenvalue weighted by atomic mass is 9.86. The second-order valence-electron chi connectivity index (χ2n) is 3.69. The molecule has 1 atom stereocenters. The molecular formula is C10H14O4. The third-order valence-electron chi connectivity index (χ3n) is 2.47. The van der Waals surface area contributed by atoms with Crippen molar-refractivity contribution in [2.24, 2.45) is 5.41 Å². The van der Waals surface area contributed by atoms with Gasteiger partial charge in [0.1, 0.15) is 5.41 Å². The average Bonchev–Trinajstić information content (AvgIpc) is 2.32. The molecule has 1 rings (SSSR count). The minimum atomic E-state index is -1.22. The van der Waals surface area contributed by atoms with Gasteiger partial charge in [-0.15, -0.1) is 0 Å². The van der Waals surface area contributed by atoms with Crippen molar-refractivity contribution in [3.8, 4) is 0 Å². The van der Waals surface area contributed by atoms with Gasteiger partial charge in [0.2, 0.25) is 5.78 Å². The van der Waals surface area contributed by atoms with E-state index in [9.17, 15) is 14.7 Å². The highest BCUT2D eigenvalue weighted by Crippen LogP contribution is 2.38. The Labute approximate surface area is 82.6 Å². The van der Waals surface area contributed by atoms with Crippen molar-refractivity contribution in [1.82, 2.24) is 0 Å². The Morgan fingerprint density at radius 2 is 2.21 bits per heavy atom. The van der Waals surface area contributed by atoms with Crippen molar-refractivity contribution in [3.63, 3.8) is 0 Å². The average molecular weight is 198 g/mol. The third-order valence-corrected chi connectivity index (χ3v) is 2.47. The normalized spacial score (nSPS) is 26.9. The molecule has 0 saturated carbocycles. The number of hydrogen-bond donors (Lipinski definition) is 1. The number of aliphatic hydroxyl groups excluding tert-OH is 1. The van der Waals surface area contributed by atoms with Gasteiger partial charge in [-0.05, 0) is 32.8 Å². The molecule has 0 spiro atoms. The Kier molecular flexibility index (Phi) is 2.64. The molecule has 0 aromatic rings. The molecule has 0 radical (unpaired) electrons. The van der Waals surface area contributed by atoms with E-state index in [1.165, 1.54) is 6.92 Å². The van der Waals surface area contributed by atoms with E-state index in [1.807, 2.05) is 0 Å². The van der Waals surface area contributed by atoms with Crippen molar-refractivity contribution in [2.45, 2.75) is 27.2 Å². The molecule has 0 bridgehead atoms. The summed E-state index contributed by atoms with van der Waals surface area (Å²) in [6, 6.07) is 0. The Balaban J connectivity index is 2.91. The fourth-order valence-corrected chi connectivity index (χ4v) is 1.60. The molecule has 1 unspecified atom stereocenters. The van der Waals surface area contributed by atoms with E-state index in [2.05, 4.69) is 0 Å². The van der Waals surface area contributed by atoms with Gasteiger partial charge in [0.25, 0.3) is 0 Å². The molecule has 1 aliphatic rings. The smallest absolute Gasteiger partial charge is 0.320 e. The van der Waals surface area contributed by atoms with Gasteiger partial charge in [-0.25, -0.2) is 0 Å². The first kappa shape index (κ1) is 10.8. The van der Waals surface area contributed by atoms with E-state index < -0.39 is 17.2 Å². The summed E-state index contributed by atoms with van der Waals surface area (Å²) in [6.07, 6.45) is 0.247. The van der Waals surface area contributed by atoms with Gasteiger partial charge in [-0.2, -0.15) is 0 Å². The van der Waals surface area contributed by atoms with Crippen LogP contribution in [0.3, 0.4) is 0 Å². The topological polar surface area (TPSA) is 63.6 Å². The van der Waals surface area contributed by atoms with Crippen LogP contribution in [0.25, 0.3) is 0 Å². The zero-order valence-electron chi connectivity index (χ0n) is 8.59. The lowest BCUT2D eigenvalue weighted by Gasteiger charge is -2.19. The fraction of sp³-hybridized carbons (Fsp3) is 0.600. The summed E-state index contributed by atoms with van der Waals surface area (Å²) in [7, 11) is 0. The lowest BCUT2D eigenvalue weighted by Crippen LogP contribution is -2.35. The molecule has 4 heteroatoms. The molecule has 14 heavy (non-hydrogen) atoms. The van der Waals surface area contributed by atoms with E-state index in [0.29, 0.717) is 5.57 Å². The lowest BCUT2D eigenvalue weighted by molar-refractivity contribution is -0.157. The number of ketones is 1. The molecule has 4 nitrogen and oxygen atoms in total. The number of allylic oxidation sites excluding steroid dienone is 2. The molecule has 1 N–H and O–H groups in total. The minimum Gasteiger partial charge on any atom is -0.504 e. The number of carbonyl (C=O) groups is 2. The summed E-state index contributed by atoms with van der Waals surface area (Å²) in [5.74, 6) is -1.39. The molecule has 0 fully saturated rings. The number of aliphatic hydroxyl groups is 1. The number of hydrogen-bond acceptors (Lipinski definition) is 4. The molecule has 0 aliphatic heterocycles. The van der Waals surface area contributed by atoms with Gasteiger partial charge in [0.15, 0.2) is 5.76 Å². The first-order valence-corrected chi connectivity index (χ1v) is 4.54. The van der Waals surface area contributed by atoms with Gasteiger partial charge in [-0.1, -0.05) is 0 Å². The predicted octanol–water partition coefficient (Wildman–Crippen LogP) is 1.36. The predicted molar refractivity (Wildman–Crippen MR) is 49.7 cm³/mol. The molecule has 0 heterocycles. The molecular weight excluding hydrogens is 184 g/mol. The fourth-order valence-electron chi connectivity index (χ4n) is 1.60. The van der Waals surface area contributed by atoms with Crippen molar-refractivity contribution in [3.05, 3.63) is 11.3 Å². The highest BCUT2D eigenvalue weighted by Gasteiger charge is 2.49. The second-order valence-corrected chi connectivity index (χ2v) is 3.69. The van der Waals surface area contributed by atoms with Crippen LogP contribution in [0.5, 0.6) is 0 Å². The van der Waals surface area contributed by atoms with Gasteiger partial charge >= 0.3 is 5.97 Å². The standard InChI is InChI=1S/C10H14O4/c1-4-14-9(13)10(3)5-6(2)7(11)8(10)12/h11H,4-5H2,1-3H3. The van der Waals surface area contributed by atoms with Crippen molar-refractivity contribution in [1.29, 1.82) is 0 Å². The summed E-state index contributed by atoms with van der Waals surface area (Å²) >= 11 is 0. The van der Waals surface area contributed by atoms with E-state index in [1.54, 1.807) is 13.8 Å². The number of rotatable bonds is 2. The third kappa shape index (κ3) is 1.41. The van der Waals surface area contributed by atoms with E-state index in [0.717, 1.165) is 0 Å². The maximum atomic E-state index is 11.5. The maximum absolute atomic E-state index is 11.5. The van der Waals surface area contributed by atoms with Crippen molar-refractivity contribution < 1.29 is 19.4 Å². The Bertz CT molecular complexity index is 316. The molecule has 78 valence electrons. The molecule has 0 aromatic heterocycles. The van der Waals surface area contributed by atoms with Crippen molar-refractivity contribution in [2.75, 3.05) is 6.61 Å². The van der Waals surface area contributed by atoms with Crippen molar-refractivity contribution >= 4 is 11.8 Å². The van der Waals surface area contributed by atoms with Crippen LogP contribution in [0.1, 0.15) is 27.2 Å². The number of ether oxygens (including phenoxy) is 1. The SMILES string of the molecule is CCOC(=O)C1(C)CC(C)=C(O)C1=O. The van der Waals surface area contributed by atoms with Gasteiger partial charge in [0.05, 0.1) is 6.61 Å². The largest absolute Gasteiger partial charge is 0.504 e. The molecule has 0 amide bonds. The van der Waals surface area contributed by atoms with Crippen LogP contribution in [0, 0.1) is 5.41 Å². The number of carbonyl (C=O) groups excluding carboxylic acids is 2. The van der Waals surface area contributed by atoms with Crippen LogP contribution in [-0.2, 0) is 14.3 Å². The summed E-state index contributed by atoms with van der Waals surface area (Å²) in [4.78, 5) is 23.0.